The van der Waals surface area contributed by atoms with Gasteiger partial charge in [-0.15, -0.1) is 0 Å². The quantitative estimate of drug-likeness (QED) is 0.143. The third-order valence-corrected chi connectivity index (χ3v) is 14.1. The predicted octanol–water partition coefficient (Wildman–Crippen LogP) is 14.1. The average Bonchev–Trinajstić information content (AvgIpc) is 3.62. The summed E-state index contributed by atoms with van der Waals surface area (Å²) in [7, 11) is -0.804. The maximum atomic E-state index is 2.44. The first-order valence-electron chi connectivity index (χ1n) is 19.7. The maximum Gasteiger partial charge on any atom is -0.000741 e. The molecule has 10 aromatic rings. The van der Waals surface area contributed by atoms with E-state index >= 15 is 0 Å². The van der Waals surface area contributed by atoms with Gasteiger partial charge in [-0.05, 0) is 112 Å². The van der Waals surface area contributed by atoms with Crippen LogP contribution in [0, 0.1) is 0 Å². The van der Waals surface area contributed by atoms with Crippen LogP contribution in [0.25, 0.3) is 88.3 Å². The molecule has 10 aromatic carbocycles. The monoisotopic (exact) mass is 740 g/mol. The van der Waals surface area contributed by atoms with Crippen molar-refractivity contribution in [3.8, 4) is 66.8 Å². The molecule has 11 rings (SSSR count). The van der Waals surface area contributed by atoms with E-state index in [1.54, 1.807) is 0 Å². The fourth-order valence-corrected chi connectivity index (χ4v) is 11.5. The Hall–Kier alpha value is -6.85. The lowest BCUT2D eigenvalue weighted by molar-refractivity contribution is 1.59. The molecule has 0 aromatic heterocycles. The van der Waals surface area contributed by atoms with E-state index in [-0.39, 0.29) is 0 Å². The molecule has 0 amide bonds. The van der Waals surface area contributed by atoms with Crippen LogP contribution in [0.15, 0.2) is 224 Å². The molecule has 1 aliphatic carbocycles. The fraction of sp³-hybridized carbons (Fsp3) is 0. The molecule has 0 saturated carbocycles. The van der Waals surface area contributed by atoms with Crippen molar-refractivity contribution in [2.24, 2.45) is 0 Å². The smallest absolute Gasteiger partial charge is 0.000741 e. The topological polar surface area (TPSA) is 0 Å². The van der Waals surface area contributed by atoms with Crippen LogP contribution >= 0.6 is 7.92 Å². The van der Waals surface area contributed by atoms with Gasteiger partial charge < -0.3 is 0 Å². The zero-order valence-corrected chi connectivity index (χ0v) is 32.2. The summed E-state index contributed by atoms with van der Waals surface area (Å²) in [6.45, 7) is 0. The second-order valence-electron chi connectivity index (χ2n) is 14.8. The minimum absolute atomic E-state index is 0.804. The van der Waals surface area contributed by atoms with Crippen molar-refractivity contribution in [3.05, 3.63) is 224 Å². The van der Waals surface area contributed by atoms with E-state index in [9.17, 15) is 0 Å². The summed E-state index contributed by atoms with van der Waals surface area (Å²) in [5.41, 5.74) is 15.2. The molecule has 1 heteroatoms. The number of rotatable bonds is 7. The lowest BCUT2D eigenvalue weighted by Crippen LogP contribution is -2.21. The second kappa shape index (κ2) is 14.0. The number of fused-ring (bicyclic) bond motifs is 4. The number of benzene rings is 10. The van der Waals surface area contributed by atoms with Crippen LogP contribution < -0.4 is 15.9 Å². The van der Waals surface area contributed by atoms with Crippen LogP contribution in [0.3, 0.4) is 0 Å². The van der Waals surface area contributed by atoms with E-state index in [0.29, 0.717) is 0 Å². The second-order valence-corrected chi connectivity index (χ2v) is 17.0. The molecule has 57 heavy (non-hydrogen) atoms. The third kappa shape index (κ3) is 5.64. The van der Waals surface area contributed by atoms with Gasteiger partial charge in [0, 0.05) is 0 Å². The highest BCUT2D eigenvalue weighted by Crippen LogP contribution is 2.58. The average molecular weight is 741 g/mol. The van der Waals surface area contributed by atoms with Crippen molar-refractivity contribution in [1.29, 1.82) is 0 Å². The minimum atomic E-state index is -0.804. The van der Waals surface area contributed by atoms with Crippen LogP contribution in [-0.2, 0) is 0 Å². The molecular weight excluding hydrogens is 704 g/mol. The van der Waals surface area contributed by atoms with Gasteiger partial charge in [0.25, 0.3) is 0 Å². The highest BCUT2D eigenvalue weighted by molar-refractivity contribution is 7.80. The van der Waals surface area contributed by atoms with E-state index in [1.165, 1.54) is 104 Å². The van der Waals surface area contributed by atoms with Crippen LogP contribution in [0.4, 0.5) is 0 Å². The van der Waals surface area contributed by atoms with Crippen LogP contribution in [-0.4, -0.2) is 0 Å². The Labute approximate surface area is 335 Å². The standard InChI is InChI=1S/C56H37P/c1-5-16-38(17-6-1)40-28-32-42(33-29-40)52-46-24-13-14-25-47(46)53(43-34-30-41(31-35-43)39-18-7-2-8-19-39)56-50-36-37-51(48-26-15-27-49(54(48)50)55(52)56)57(44-20-9-3-10-21-44)45-22-11-4-12-23-45/h1-37H. The molecule has 0 radical (unpaired) electrons. The molecule has 0 heterocycles. The molecule has 0 aliphatic heterocycles. The van der Waals surface area contributed by atoms with E-state index in [2.05, 4.69) is 224 Å². The SMILES string of the molecule is c1ccc(-c2ccc(-c3c4c(c(-c5ccc(-c6ccccc6)cc5)c5ccccc35)-c3ccc(P(c5ccccc5)c5ccccc5)c5cccc-4c35)cc2)cc1. The molecule has 0 fully saturated rings. The minimum Gasteiger partial charge on any atom is -0.0622 e. The Kier molecular flexibility index (Phi) is 8.24. The van der Waals surface area contributed by atoms with E-state index in [1.807, 2.05) is 0 Å². The first-order valence-corrected chi connectivity index (χ1v) is 21.0. The Morgan fingerprint density at radius 3 is 1.07 bits per heavy atom. The Morgan fingerprint density at radius 1 is 0.228 bits per heavy atom. The maximum absolute atomic E-state index is 2.44. The van der Waals surface area contributed by atoms with E-state index in [4.69, 9.17) is 0 Å². The number of hydrogen-bond acceptors (Lipinski definition) is 0. The normalized spacial score (nSPS) is 11.7. The summed E-state index contributed by atoms with van der Waals surface area (Å²) in [6, 6.07) is 83.0. The van der Waals surface area contributed by atoms with Crippen LogP contribution in [0.1, 0.15) is 0 Å². The van der Waals surface area contributed by atoms with Crippen molar-refractivity contribution in [2.45, 2.75) is 0 Å². The van der Waals surface area contributed by atoms with Gasteiger partial charge in [0.1, 0.15) is 0 Å². The first kappa shape index (κ1) is 33.5. The van der Waals surface area contributed by atoms with Crippen molar-refractivity contribution in [3.63, 3.8) is 0 Å². The van der Waals surface area contributed by atoms with Gasteiger partial charge >= 0.3 is 0 Å². The van der Waals surface area contributed by atoms with Gasteiger partial charge in [-0.2, -0.15) is 0 Å². The highest BCUT2D eigenvalue weighted by atomic mass is 31.1. The zero-order valence-electron chi connectivity index (χ0n) is 31.3. The van der Waals surface area contributed by atoms with E-state index in [0.717, 1.165) is 0 Å². The molecule has 0 saturated heterocycles. The van der Waals surface area contributed by atoms with Gasteiger partial charge in [-0.3, -0.25) is 0 Å². The van der Waals surface area contributed by atoms with Crippen LogP contribution in [0.5, 0.6) is 0 Å². The summed E-state index contributed by atoms with van der Waals surface area (Å²) >= 11 is 0. The molecule has 0 bridgehead atoms. The molecule has 266 valence electrons. The molecule has 0 atom stereocenters. The summed E-state index contributed by atoms with van der Waals surface area (Å²) in [5, 5.41) is 9.34. The van der Waals surface area contributed by atoms with Crippen molar-refractivity contribution >= 4 is 45.4 Å². The van der Waals surface area contributed by atoms with Gasteiger partial charge in [0.15, 0.2) is 0 Å². The summed E-state index contributed by atoms with van der Waals surface area (Å²) < 4.78 is 0. The van der Waals surface area contributed by atoms with Crippen molar-refractivity contribution in [2.75, 3.05) is 0 Å². The molecule has 1 aliphatic rings. The van der Waals surface area contributed by atoms with Gasteiger partial charge in [-0.1, -0.05) is 224 Å². The van der Waals surface area contributed by atoms with Gasteiger partial charge in [0.05, 0.1) is 0 Å². The summed E-state index contributed by atoms with van der Waals surface area (Å²) in [5.74, 6) is 0. The van der Waals surface area contributed by atoms with Crippen molar-refractivity contribution < 1.29 is 0 Å². The predicted molar refractivity (Wildman–Crippen MR) is 246 cm³/mol. The van der Waals surface area contributed by atoms with Gasteiger partial charge in [-0.25, -0.2) is 0 Å². The first-order chi connectivity index (χ1) is 28.3. The van der Waals surface area contributed by atoms with E-state index < -0.39 is 7.92 Å². The number of hydrogen-bond donors (Lipinski definition) is 0. The Morgan fingerprint density at radius 2 is 0.596 bits per heavy atom. The fourth-order valence-electron chi connectivity index (χ4n) is 9.08. The largest absolute Gasteiger partial charge is 0.0622 e. The summed E-state index contributed by atoms with van der Waals surface area (Å²) in [4.78, 5) is 0. The van der Waals surface area contributed by atoms with Crippen LogP contribution in [0.2, 0.25) is 0 Å². The molecular formula is C56H37P. The lowest BCUT2D eigenvalue weighted by atomic mass is 9.82. The lowest BCUT2D eigenvalue weighted by Gasteiger charge is -2.22. The Bertz CT molecular complexity index is 2890. The van der Waals surface area contributed by atoms with Gasteiger partial charge in [0.2, 0.25) is 0 Å². The molecule has 0 nitrogen and oxygen atoms in total. The Balaban J connectivity index is 1.20. The molecule has 0 N–H and O–H groups in total. The molecule has 0 unspecified atom stereocenters. The molecule has 0 spiro atoms. The van der Waals surface area contributed by atoms with Crippen molar-refractivity contribution in [1.82, 2.24) is 0 Å². The highest BCUT2D eigenvalue weighted by Gasteiger charge is 2.32. The third-order valence-electron chi connectivity index (χ3n) is 11.6. The summed E-state index contributed by atoms with van der Waals surface area (Å²) in [6.07, 6.45) is 0. The zero-order chi connectivity index (χ0) is 37.7.